The Balaban J connectivity index is 2.40. The summed E-state index contributed by atoms with van der Waals surface area (Å²) in [5, 5.41) is 3.47. The fourth-order valence-electron chi connectivity index (χ4n) is 1.98. The average Bonchev–Trinajstić information content (AvgIpc) is 2.17. The molecule has 2 unspecified atom stereocenters. The van der Waals surface area contributed by atoms with E-state index in [-0.39, 0.29) is 0 Å². The quantitative estimate of drug-likeness (QED) is 0.718. The van der Waals surface area contributed by atoms with Gasteiger partial charge in [0.1, 0.15) is 0 Å². The fraction of sp³-hybridized carbons (Fsp3) is 1.00. The van der Waals surface area contributed by atoms with Crippen LogP contribution in [0.3, 0.4) is 0 Å². The topological polar surface area (TPSA) is 15.3 Å². The third-order valence-electron chi connectivity index (χ3n) is 3.45. The molecule has 0 aliphatic carbocycles. The van der Waals surface area contributed by atoms with Crippen LogP contribution in [0.2, 0.25) is 0 Å². The summed E-state index contributed by atoms with van der Waals surface area (Å²) >= 11 is 0. The average molecular weight is 184 g/mol. The molecular formula is C11H24N2. The molecule has 1 aliphatic heterocycles. The summed E-state index contributed by atoms with van der Waals surface area (Å²) < 4.78 is 0. The largest absolute Gasteiger partial charge is 0.315 e. The molecule has 1 N–H and O–H groups in total. The molecule has 1 fully saturated rings. The molecular weight excluding hydrogens is 160 g/mol. The van der Waals surface area contributed by atoms with Crippen molar-refractivity contribution in [1.82, 2.24) is 10.2 Å². The van der Waals surface area contributed by atoms with Crippen molar-refractivity contribution in [3.8, 4) is 0 Å². The Bertz CT molecular complexity index is 139. The van der Waals surface area contributed by atoms with E-state index in [1.807, 2.05) is 0 Å². The lowest BCUT2D eigenvalue weighted by atomic mass is 9.99. The number of nitrogens with one attached hydrogen (secondary N) is 1. The zero-order chi connectivity index (χ0) is 9.84. The zero-order valence-electron chi connectivity index (χ0n) is 9.51. The van der Waals surface area contributed by atoms with Crippen LogP contribution in [-0.4, -0.2) is 37.1 Å². The Labute approximate surface area is 82.7 Å². The Morgan fingerprint density at radius 3 is 2.46 bits per heavy atom. The molecule has 2 heteroatoms. The standard InChI is InChI=1S/C11H24N2/c1-9(2)10(3)13(4)11-6-5-7-12-8-11/h9-12H,5-8H2,1-4H3. The van der Waals surface area contributed by atoms with Gasteiger partial charge >= 0.3 is 0 Å². The number of rotatable bonds is 3. The first-order valence-electron chi connectivity index (χ1n) is 5.55. The number of nitrogens with zero attached hydrogens (tertiary/aromatic N) is 1. The number of likely N-dealkylation sites (N-methyl/N-ethyl adjacent to an activating group) is 1. The number of piperidine rings is 1. The molecule has 0 spiro atoms. The lowest BCUT2D eigenvalue weighted by Gasteiger charge is -2.37. The van der Waals surface area contributed by atoms with Crippen molar-refractivity contribution < 1.29 is 0 Å². The molecule has 0 amide bonds. The molecule has 0 radical (unpaired) electrons. The second kappa shape index (κ2) is 4.97. The molecule has 0 aromatic heterocycles. The summed E-state index contributed by atoms with van der Waals surface area (Å²) in [6.07, 6.45) is 2.69. The van der Waals surface area contributed by atoms with Crippen molar-refractivity contribution in [3.63, 3.8) is 0 Å². The first kappa shape index (κ1) is 11.0. The van der Waals surface area contributed by atoms with Crippen LogP contribution < -0.4 is 5.32 Å². The third-order valence-corrected chi connectivity index (χ3v) is 3.45. The van der Waals surface area contributed by atoms with Crippen molar-refractivity contribution in [2.75, 3.05) is 20.1 Å². The van der Waals surface area contributed by atoms with Gasteiger partial charge in [0.2, 0.25) is 0 Å². The Hall–Kier alpha value is -0.0800. The molecule has 2 atom stereocenters. The summed E-state index contributed by atoms with van der Waals surface area (Å²) in [6.45, 7) is 9.32. The van der Waals surface area contributed by atoms with E-state index in [2.05, 4.69) is 38.0 Å². The molecule has 0 aromatic rings. The van der Waals surface area contributed by atoms with E-state index in [4.69, 9.17) is 0 Å². The molecule has 1 heterocycles. The van der Waals surface area contributed by atoms with E-state index in [0.29, 0.717) is 6.04 Å². The van der Waals surface area contributed by atoms with E-state index < -0.39 is 0 Å². The van der Waals surface area contributed by atoms with Crippen molar-refractivity contribution in [1.29, 1.82) is 0 Å². The second-order valence-electron chi connectivity index (χ2n) is 4.65. The minimum atomic E-state index is 0.699. The molecule has 1 saturated heterocycles. The summed E-state index contributed by atoms with van der Waals surface area (Å²) in [5.41, 5.74) is 0. The maximum atomic E-state index is 3.47. The van der Waals surface area contributed by atoms with Gasteiger partial charge in [-0.15, -0.1) is 0 Å². The van der Waals surface area contributed by atoms with E-state index in [1.54, 1.807) is 0 Å². The molecule has 1 rings (SSSR count). The summed E-state index contributed by atoms with van der Waals surface area (Å²) in [4.78, 5) is 2.54. The highest BCUT2D eigenvalue weighted by Crippen LogP contribution is 2.15. The highest BCUT2D eigenvalue weighted by Gasteiger charge is 2.22. The third kappa shape index (κ3) is 2.96. The molecule has 78 valence electrons. The van der Waals surface area contributed by atoms with Crippen molar-refractivity contribution in [2.45, 2.75) is 45.7 Å². The van der Waals surface area contributed by atoms with Crippen molar-refractivity contribution in [2.24, 2.45) is 5.92 Å². The maximum Gasteiger partial charge on any atom is 0.0220 e. The lowest BCUT2D eigenvalue weighted by Crippen LogP contribution is -2.48. The van der Waals surface area contributed by atoms with Gasteiger partial charge in [0.15, 0.2) is 0 Å². The predicted octanol–water partition coefficient (Wildman–Crippen LogP) is 1.71. The number of hydrogen-bond acceptors (Lipinski definition) is 2. The summed E-state index contributed by atoms with van der Waals surface area (Å²) in [5.74, 6) is 0.756. The van der Waals surface area contributed by atoms with E-state index in [9.17, 15) is 0 Å². The van der Waals surface area contributed by atoms with Crippen LogP contribution in [0.25, 0.3) is 0 Å². The highest BCUT2D eigenvalue weighted by molar-refractivity contribution is 4.80. The van der Waals surface area contributed by atoms with Gasteiger partial charge in [-0.25, -0.2) is 0 Å². The van der Waals surface area contributed by atoms with Crippen LogP contribution in [0.5, 0.6) is 0 Å². The lowest BCUT2D eigenvalue weighted by molar-refractivity contribution is 0.127. The van der Waals surface area contributed by atoms with Gasteiger partial charge in [-0.05, 0) is 39.3 Å². The highest BCUT2D eigenvalue weighted by atomic mass is 15.2. The van der Waals surface area contributed by atoms with Gasteiger partial charge in [0.25, 0.3) is 0 Å². The monoisotopic (exact) mass is 184 g/mol. The Morgan fingerprint density at radius 2 is 2.00 bits per heavy atom. The molecule has 1 aliphatic rings. The van der Waals surface area contributed by atoms with Crippen LogP contribution in [-0.2, 0) is 0 Å². The Morgan fingerprint density at radius 1 is 1.31 bits per heavy atom. The minimum absolute atomic E-state index is 0.699. The molecule has 13 heavy (non-hydrogen) atoms. The van der Waals surface area contributed by atoms with Crippen LogP contribution in [0.4, 0.5) is 0 Å². The first-order chi connectivity index (χ1) is 6.13. The Kier molecular flexibility index (Phi) is 4.20. The van der Waals surface area contributed by atoms with Gasteiger partial charge in [-0.2, -0.15) is 0 Å². The van der Waals surface area contributed by atoms with Crippen LogP contribution >= 0.6 is 0 Å². The SMILES string of the molecule is CC(C)C(C)N(C)C1CCCNC1. The second-order valence-corrected chi connectivity index (χ2v) is 4.65. The van der Waals surface area contributed by atoms with Gasteiger partial charge < -0.3 is 5.32 Å². The van der Waals surface area contributed by atoms with Gasteiger partial charge in [0, 0.05) is 18.6 Å². The van der Waals surface area contributed by atoms with Crippen LogP contribution in [0.1, 0.15) is 33.6 Å². The summed E-state index contributed by atoms with van der Waals surface area (Å²) in [6, 6.07) is 1.45. The van der Waals surface area contributed by atoms with Crippen LogP contribution in [0, 0.1) is 5.92 Å². The van der Waals surface area contributed by atoms with E-state index in [0.717, 1.165) is 12.0 Å². The van der Waals surface area contributed by atoms with Crippen molar-refractivity contribution in [3.05, 3.63) is 0 Å². The molecule has 0 aromatic carbocycles. The van der Waals surface area contributed by atoms with E-state index >= 15 is 0 Å². The van der Waals surface area contributed by atoms with Gasteiger partial charge in [-0.3, -0.25) is 4.90 Å². The fourth-order valence-corrected chi connectivity index (χ4v) is 1.98. The zero-order valence-corrected chi connectivity index (χ0v) is 9.51. The molecule has 2 nitrogen and oxygen atoms in total. The van der Waals surface area contributed by atoms with E-state index in [1.165, 1.54) is 25.9 Å². The normalized spacial score (nSPS) is 26.8. The molecule has 0 bridgehead atoms. The number of hydrogen-bond donors (Lipinski definition) is 1. The minimum Gasteiger partial charge on any atom is -0.315 e. The summed E-state index contributed by atoms with van der Waals surface area (Å²) in [7, 11) is 2.27. The van der Waals surface area contributed by atoms with Gasteiger partial charge in [-0.1, -0.05) is 13.8 Å². The van der Waals surface area contributed by atoms with Crippen LogP contribution in [0.15, 0.2) is 0 Å². The smallest absolute Gasteiger partial charge is 0.0220 e. The predicted molar refractivity (Wildman–Crippen MR) is 58.0 cm³/mol. The molecule has 0 saturated carbocycles. The van der Waals surface area contributed by atoms with Gasteiger partial charge in [0.05, 0.1) is 0 Å². The first-order valence-corrected chi connectivity index (χ1v) is 5.55. The van der Waals surface area contributed by atoms with Crippen molar-refractivity contribution >= 4 is 0 Å². The maximum absolute atomic E-state index is 3.47.